The summed E-state index contributed by atoms with van der Waals surface area (Å²) in [5.74, 6) is 0.529. The van der Waals surface area contributed by atoms with Crippen molar-refractivity contribution in [3.8, 4) is 0 Å². The van der Waals surface area contributed by atoms with Crippen molar-refractivity contribution in [2.45, 2.75) is 130 Å². The summed E-state index contributed by atoms with van der Waals surface area (Å²) in [7, 11) is 0. The normalized spacial score (nSPS) is 18.9. The SMILES string of the molecule is CCCCCC(C)(C)OOC(=O)OCC1CCC(COC(=O)OOC(C)(C)CCCCC)CC1. The van der Waals surface area contributed by atoms with Crippen molar-refractivity contribution in [3.05, 3.63) is 0 Å². The molecule has 1 fully saturated rings. The van der Waals surface area contributed by atoms with E-state index in [0.717, 1.165) is 77.0 Å². The van der Waals surface area contributed by atoms with Crippen molar-refractivity contribution >= 4 is 12.3 Å². The van der Waals surface area contributed by atoms with Gasteiger partial charge < -0.3 is 9.47 Å². The molecule has 34 heavy (non-hydrogen) atoms. The van der Waals surface area contributed by atoms with E-state index in [2.05, 4.69) is 13.8 Å². The van der Waals surface area contributed by atoms with E-state index in [1.807, 2.05) is 27.7 Å². The predicted octanol–water partition coefficient (Wildman–Crippen LogP) is 7.68. The van der Waals surface area contributed by atoms with Crippen LogP contribution in [0.2, 0.25) is 0 Å². The Morgan fingerprint density at radius 1 is 0.647 bits per heavy atom. The molecule has 0 bridgehead atoms. The molecule has 8 heteroatoms. The maximum absolute atomic E-state index is 11.9. The van der Waals surface area contributed by atoms with Crippen LogP contribution in [0, 0.1) is 11.8 Å². The Bertz CT molecular complexity index is 517. The molecule has 0 heterocycles. The maximum Gasteiger partial charge on any atom is 0.540 e. The third kappa shape index (κ3) is 14.7. The molecule has 1 aliphatic carbocycles. The minimum Gasteiger partial charge on any atom is -0.432 e. The van der Waals surface area contributed by atoms with Gasteiger partial charge >= 0.3 is 12.3 Å². The first-order chi connectivity index (χ1) is 16.1. The van der Waals surface area contributed by atoms with Crippen LogP contribution in [0.4, 0.5) is 9.59 Å². The third-order valence-corrected chi connectivity index (χ3v) is 6.28. The molecule has 1 aliphatic rings. The Balaban J connectivity index is 2.14. The summed E-state index contributed by atoms with van der Waals surface area (Å²) in [6.45, 7) is 12.5. The fraction of sp³-hybridized carbons (Fsp3) is 0.923. The quantitative estimate of drug-likeness (QED) is 0.0945. The summed E-state index contributed by atoms with van der Waals surface area (Å²) < 4.78 is 10.5. The maximum atomic E-state index is 11.9. The van der Waals surface area contributed by atoms with Gasteiger partial charge in [-0.25, -0.2) is 9.59 Å². The first kappa shape index (κ1) is 30.5. The summed E-state index contributed by atoms with van der Waals surface area (Å²) in [5.41, 5.74) is -1.05. The number of hydrogen-bond donors (Lipinski definition) is 0. The number of ether oxygens (including phenoxy) is 2. The van der Waals surface area contributed by atoms with Gasteiger partial charge in [-0.15, -0.1) is 0 Å². The molecule has 1 rings (SSSR count). The van der Waals surface area contributed by atoms with Crippen molar-refractivity contribution in [1.29, 1.82) is 0 Å². The summed E-state index contributed by atoms with van der Waals surface area (Å²) in [6.07, 6.45) is 10.1. The molecule has 0 spiro atoms. The lowest BCUT2D eigenvalue weighted by molar-refractivity contribution is -0.319. The van der Waals surface area contributed by atoms with E-state index in [-0.39, 0.29) is 11.8 Å². The molecule has 0 N–H and O–H groups in total. The highest BCUT2D eigenvalue weighted by Crippen LogP contribution is 2.29. The Labute approximate surface area is 206 Å². The van der Waals surface area contributed by atoms with Crippen LogP contribution in [0.15, 0.2) is 0 Å². The molecule has 0 aromatic heterocycles. The van der Waals surface area contributed by atoms with Gasteiger partial charge in [0.25, 0.3) is 0 Å². The molecule has 0 saturated heterocycles. The van der Waals surface area contributed by atoms with Gasteiger partial charge in [-0.3, -0.25) is 9.78 Å². The van der Waals surface area contributed by atoms with Crippen LogP contribution >= 0.6 is 0 Å². The molecule has 1 saturated carbocycles. The highest BCUT2D eigenvalue weighted by Gasteiger charge is 2.27. The number of rotatable bonds is 16. The summed E-state index contributed by atoms with van der Waals surface area (Å²) >= 11 is 0. The Morgan fingerprint density at radius 2 is 1.00 bits per heavy atom. The van der Waals surface area contributed by atoms with Gasteiger partial charge in [0, 0.05) is 0 Å². The summed E-state index contributed by atoms with van der Waals surface area (Å²) in [4.78, 5) is 43.9. The molecule has 0 aliphatic heterocycles. The Hall–Kier alpha value is -1.54. The van der Waals surface area contributed by atoms with Crippen molar-refractivity contribution in [3.63, 3.8) is 0 Å². The zero-order valence-electron chi connectivity index (χ0n) is 22.3. The van der Waals surface area contributed by atoms with E-state index in [0.29, 0.717) is 13.2 Å². The molecule has 0 aromatic rings. The minimum absolute atomic E-state index is 0.264. The smallest absolute Gasteiger partial charge is 0.432 e. The van der Waals surface area contributed by atoms with Gasteiger partial charge in [0.05, 0.1) is 13.2 Å². The van der Waals surface area contributed by atoms with Crippen LogP contribution in [-0.4, -0.2) is 36.7 Å². The topological polar surface area (TPSA) is 89.5 Å². The van der Waals surface area contributed by atoms with E-state index in [4.69, 9.17) is 29.0 Å². The van der Waals surface area contributed by atoms with E-state index in [1.165, 1.54) is 0 Å². The molecule has 0 atom stereocenters. The van der Waals surface area contributed by atoms with E-state index >= 15 is 0 Å². The molecular weight excluding hydrogens is 440 g/mol. The lowest BCUT2D eigenvalue weighted by atomic mass is 9.83. The number of carbonyl (C=O) groups is 2. The Morgan fingerprint density at radius 3 is 1.32 bits per heavy atom. The van der Waals surface area contributed by atoms with Gasteiger partial charge in [0.2, 0.25) is 0 Å². The van der Waals surface area contributed by atoms with Gasteiger partial charge in [-0.2, -0.15) is 9.78 Å². The number of hydrogen-bond acceptors (Lipinski definition) is 8. The van der Waals surface area contributed by atoms with Gasteiger partial charge in [0.1, 0.15) is 11.2 Å². The van der Waals surface area contributed by atoms with Crippen molar-refractivity contribution in [2.24, 2.45) is 11.8 Å². The number of carbonyl (C=O) groups excluding carboxylic acids is 2. The van der Waals surface area contributed by atoms with Crippen molar-refractivity contribution < 1.29 is 38.6 Å². The standard InChI is InChI=1S/C26H48O8/c1-7-9-11-17-25(3,4)33-31-23(27)29-19-21-13-15-22(16-14-21)20-30-24(28)32-34-26(5,6)18-12-10-8-2/h21-22H,7-20H2,1-6H3. The molecular formula is C26H48O8. The molecule has 0 amide bonds. The third-order valence-electron chi connectivity index (χ3n) is 6.28. The minimum atomic E-state index is -0.797. The summed E-state index contributed by atoms with van der Waals surface area (Å²) in [6, 6.07) is 0. The van der Waals surface area contributed by atoms with Crippen LogP contribution < -0.4 is 0 Å². The molecule has 0 aromatic carbocycles. The average Bonchev–Trinajstić information content (AvgIpc) is 2.80. The van der Waals surface area contributed by atoms with Crippen molar-refractivity contribution in [1.82, 2.24) is 0 Å². The van der Waals surface area contributed by atoms with E-state index < -0.39 is 23.5 Å². The predicted molar refractivity (Wildman–Crippen MR) is 129 cm³/mol. The lowest BCUT2D eigenvalue weighted by Gasteiger charge is -2.28. The number of unbranched alkanes of at least 4 members (excludes halogenated alkanes) is 4. The largest absolute Gasteiger partial charge is 0.540 e. The van der Waals surface area contributed by atoms with Crippen LogP contribution in [0.1, 0.15) is 119 Å². The van der Waals surface area contributed by atoms with Gasteiger partial charge in [-0.1, -0.05) is 52.4 Å². The fourth-order valence-electron chi connectivity index (χ4n) is 3.96. The Kier molecular flexibility index (Phi) is 14.5. The van der Waals surface area contributed by atoms with Gasteiger partial charge in [-0.05, 0) is 78.1 Å². The van der Waals surface area contributed by atoms with Crippen LogP contribution in [0.25, 0.3) is 0 Å². The van der Waals surface area contributed by atoms with Gasteiger partial charge in [0.15, 0.2) is 0 Å². The van der Waals surface area contributed by atoms with Crippen LogP contribution in [0.3, 0.4) is 0 Å². The zero-order chi connectivity index (χ0) is 25.5. The fourth-order valence-corrected chi connectivity index (χ4v) is 3.96. The first-order valence-corrected chi connectivity index (χ1v) is 13.1. The second-order valence-electron chi connectivity index (χ2n) is 10.8. The average molecular weight is 489 g/mol. The van der Waals surface area contributed by atoms with Crippen molar-refractivity contribution in [2.75, 3.05) is 13.2 Å². The van der Waals surface area contributed by atoms with Crippen LogP contribution in [0.5, 0.6) is 0 Å². The van der Waals surface area contributed by atoms with Crippen LogP contribution in [-0.2, 0) is 29.0 Å². The highest BCUT2D eigenvalue weighted by atomic mass is 17.2. The first-order valence-electron chi connectivity index (χ1n) is 13.1. The molecule has 200 valence electrons. The zero-order valence-corrected chi connectivity index (χ0v) is 22.3. The monoisotopic (exact) mass is 488 g/mol. The summed E-state index contributed by atoms with van der Waals surface area (Å²) in [5, 5.41) is 0. The second kappa shape index (κ2) is 16.2. The lowest BCUT2D eigenvalue weighted by Crippen LogP contribution is -2.28. The molecule has 0 radical (unpaired) electrons. The van der Waals surface area contributed by atoms with E-state index in [1.54, 1.807) is 0 Å². The molecule has 0 unspecified atom stereocenters. The van der Waals surface area contributed by atoms with E-state index in [9.17, 15) is 9.59 Å². The second-order valence-corrected chi connectivity index (χ2v) is 10.8. The highest BCUT2D eigenvalue weighted by molar-refractivity contribution is 5.59. The molecule has 8 nitrogen and oxygen atoms in total.